The summed E-state index contributed by atoms with van der Waals surface area (Å²) in [6, 6.07) is 7.14. The van der Waals surface area contributed by atoms with Gasteiger partial charge < -0.3 is 14.5 Å². The topological polar surface area (TPSA) is 34.4 Å². The minimum Gasteiger partial charge on any atom is -0.486 e. The quantitative estimate of drug-likeness (QED) is 0.834. The molecule has 0 unspecified atom stereocenters. The number of hydrogen-bond donors (Lipinski definition) is 1. The summed E-state index contributed by atoms with van der Waals surface area (Å²) in [5.41, 5.74) is 1.14. The van der Waals surface area contributed by atoms with Gasteiger partial charge in [-0.25, -0.2) is 0 Å². The van der Waals surface area contributed by atoms with E-state index in [1.807, 2.05) is 6.07 Å². The van der Waals surface area contributed by atoms with E-state index in [1.165, 1.54) is 0 Å². The number of hydrogen-bond acceptors (Lipinski definition) is 3. The maximum absolute atomic E-state index is 5.96. The second-order valence-corrected chi connectivity index (χ2v) is 6.65. The van der Waals surface area contributed by atoms with Gasteiger partial charge in [0.25, 0.3) is 0 Å². The van der Waals surface area contributed by atoms with Crippen LogP contribution in [0, 0.1) is 0 Å². The van der Waals surface area contributed by atoms with E-state index < -0.39 is 0 Å². The van der Waals surface area contributed by atoms with Gasteiger partial charge in [-0.1, -0.05) is 23.2 Å². The van der Waals surface area contributed by atoms with E-state index in [9.17, 15) is 0 Å². The van der Waals surface area contributed by atoms with Crippen molar-refractivity contribution in [2.45, 2.75) is 39.5 Å². The lowest BCUT2D eigenvalue weighted by Gasteiger charge is -2.20. The molecule has 1 aromatic carbocycles. The Kier molecular flexibility index (Phi) is 5.20. The number of halogens is 2. The summed E-state index contributed by atoms with van der Waals surface area (Å²) < 4.78 is 11.2. The highest BCUT2D eigenvalue weighted by atomic mass is 35.5. The fourth-order valence-corrected chi connectivity index (χ4v) is 2.02. The van der Waals surface area contributed by atoms with Crippen molar-refractivity contribution in [3.63, 3.8) is 0 Å². The maximum atomic E-state index is 5.96. The molecule has 21 heavy (non-hydrogen) atoms. The molecule has 0 saturated carbocycles. The van der Waals surface area contributed by atoms with E-state index in [0.717, 1.165) is 17.9 Å². The average Bonchev–Trinajstić information content (AvgIpc) is 2.84. The summed E-state index contributed by atoms with van der Waals surface area (Å²) >= 11 is 11.8. The van der Waals surface area contributed by atoms with Crippen LogP contribution in [0.3, 0.4) is 0 Å². The zero-order valence-electron chi connectivity index (χ0n) is 12.4. The predicted molar refractivity (Wildman–Crippen MR) is 86.1 cm³/mol. The first kappa shape index (κ1) is 16.2. The first-order valence-electron chi connectivity index (χ1n) is 6.73. The molecular formula is C16H19Cl2NO2. The van der Waals surface area contributed by atoms with Gasteiger partial charge in [0.05, 0.1) is 16.3 Å². The zero-order valence-corrected chi connectivity index (χ0v) is 13.9. The Bertz CT molecular complexity index is 603. The summed E-state index contributed by atoms with van der Waals surface area (Å²) in [6.07, 6.45) is 1.67. The van der Waals surface area contributed by atoms with Crippen LogP contribution >= 0.6 is 23.2 Å². The molecule has 0 amide bonds. The van der Waals surface area contributed by atoms with E-state index in [2.05, 4.69) is 26.1 Å². The predicted octanol–water partition coefficient (Wildman–Crippen LogP) is 5.05. The highest BCUT2D eigenvalue weighted by molar-refractivity contribution is 6.42. The SMILES string of the molecule is CC(C)(C)NCc1ccoc1COc1ccc(Cl)c(Cl)c1. The molecule has 2 rings (SSSR count). The van der Waals surface area contributed by atoms with Crippen molar-refractivity contribution in [3.8, 4) is 5.75 Å². The maximum Gasteiger partial charge on any atom is 0.146 e. The summed E-state index contributed by atoms with van der Waals surface area (Å²) in [5.74, 6) is 1.47. The van der Waals surface area contributed by atoms with Crippen LogP contribution in [0.1, 0.15) is 32.1 Å². The Balaban J connectivity index is 1.97. The van der Waals surface area contributed by atoms with Crippen LogP contribution in [0.5, 0.6) is 5.75 Å². The van der Waals surface area contributed by atoms with Gasteiger partial charge in [0.2, 0.25) is 0 Å². The van der Waals surface area contributed by atoms with Crippen molar-refractivity contribution in [1.29, 1.82) is 0 Å². The number of ether oxygens (including phenoxy) is 1. The van der Waals surface area contributed by atoms with Crippen LogP contribution in [0.2, 0.25) is 10.0 Å². The van der Waals surface area contributed by atoms with Gasteiger partial charge in [0.1, 0.15) is 18.1 Å². The lowest BCUT2D eigenvalue weighted by atomic mass is 10.1. The van der Waals surface area contributed by atoms with Crippen LogP contribution < -0.4 is 10.1 Å². The van der Waals surface area contributed by atoms with E-state index in [-0.39, 0.29) is 5.54 Å². The molecule has 0 aliphatic carbocycles. The number of furan rings is 1. The number of benzene rings is 1. The fourth-order valence-electron chi connectivity index (χ4n) is 1.73. The Morgan fingerprint density at radius 3 is 2.57 bits per heavy atom. The molecule has 2 aromatic rings. The van der Waals surface area contributed by atoms with Crippen molar-refractivity contribution >= 4 is 23.2 Å². The van der Waals surface area contributed by atoms with Crippen LogP contribution in [-0.4, -0.2) is 5.54 Å². The standard InChI is InChI=1S/C16H19Cl2NO2/c1-16(2,3)19-9-11-6-7-20-15(11)10-21-12-4-5-13(17)14(18)8-12/h4-8,19H,9-10H2,1-3H3. The highest BCUT2D eigenvalue weighted by Gasteiger charge is 2.12. The Hall–Kier alpha value is -1.16. The van der Waals surface area contributed by atoms with Crippen molar-refractivity contribution < 1.29 is 9.15 Å². The van der Waals surface area contributed by atoms with Crippen molar-refractivity contribution in [2.24, 2.45) is 0 Å². The molecule has 0 saturated heterocycles. The van der Waals surface area contributed by atoms with E-state index in [0.29, 0.717) is 22.4 Å². The highest BCUT2D eigenvalue weighted by Crippen LogP contribution is 2.27. The van der Waals surface area contributed by atoms with Gasteiger partial charge in [0, 0.05) is 23.7 Å². The van der Waals surface area contributed by atoms with Gasteiger partial charge in [0.15, 0.2) is 0 Å². The number of nitrogens with one attached hydrogen (secondary N) is 1. The Morgan fingerprint density at radius 1 is 1.14 bits per heavy atom. The second kappa shape index (κ2) is 6.73. The monoisotopic (exact) mass is 327 g/mol. The molecule has 0 aliphatic heterocycles. The minimum absolute atomic E-state index is 0.0547. The molecular weight excluding hydrogens is 309 g/mol. The normalized spacial score (nSPS) is 11.7. The molecule has 0 bridgehead atoms. The lowest BCUT2D eigenvalue weighted by Crippen LogP contribution is -2.35. The molecule has 3 nitrogen and oxygen atoms in total. The molecule has 1 heterocycles. The zero-order chi connectivity index (χ0) is 15.5. The first-order chi connectivity index (χ1) is 9.85. The summed E-state index contributed by atoms with van der Waals surface area (Å²) in [6.45, 7) is 7.46. The Morgan fingerprint density at radius 2 is 1.90 bits per heavy atom. The molecule has 0 radical (unpaired) electrons. The summed E-state index contributed by atoms with van der Waals surface area (Å²) in [4.78, 5) is 0. The lowest BCUT2D eigenvalue weighted by molar-refractivity contribution is 0.267. The second-order valence-electron chi connectivity index (χ2n) is 5.84. The van der Waals surface area contributed by atoms with Gasteiger partial charge in [-0.15, -0.1) is 0 Å². The summed E-state index contributed by atoms with van der Waals surface area (Å²) in [5, 5.41) is 4.41. The minimum atomic E-state index is 0.0547. The molecule has 114 valence electrons. The summed E-state index contributed by atoms with van der Waals surface area (Å²) in [7, 11) is 0. The molecule has 0 atom stereocenters. The van der Waals surface area contributed by atoms with Crippen LogP contribution in [0.25, 0.3) is 0 Å². The third-order valence-electron chi connectivity index (χ3n) is 2.91. The van der Waals surface area contributed by atoms with Gasteiger partial charge in [-0.3, -0.25) is 0 Å². The molecule has 0 spiro atoms. The van der Waals surface area contributed by atoms with E-state index in [4.69, 9.17) is 32.4 Å². The molecule has 0 fully saturated rings. The Labute approximate surface area is 135 Å². The van der Waals surface area contributed by atoms with E-state index in [1.54, 1.807) is 24.5 Å². The fraction of sp³-hybridized carbons (Fsp3) is 0.375. The van der Waals surface area contributed by atoms with Crippen LogP contribution in [0.4, 0.5) is 0 Å². The average molecular weight is 328 g/mol. The van der Waals surface area contributed by atoms with Crippen molar-refractivity contribution in [3.05, 3.63) is 51.9 Å². The molecule has 1 aromatic heterocycles. The first-order valence-corrected chi connectivity index (χ1v) is 7.49. The number of rotatable bonds is 5. The van der Waals surface area contributed by atoms with E-state index >= 15 is 0 Å². The van der Waals surface area contributed by atoms with Crippen LogP contribution in [-0.2, 0) is 13.2 Å². The third-order valence-corrected chi connectivity index (χ3v) is 3.65. The van der Waals surface area contributed by atoms with Crippen molar-refractivity contribution in [2.75, 3.05) is 0 Å². The molecule has 0 aliphatic rings. The van der Waals surface area contributed by atoms with Gasteiger partial charge >= 0.3 is 0 Å². The molecule has 5 heteroatoms. The van der Waals surface area contributed by atoms with Gasteiger partial charge in [-0.05, 0) is 39.0 Å². The van der Waals surface area contributed by atoms with Crippen LogP contribution in [0.15, 0.2) is 34.9 Å². The molecule has 1 N–H and O–H groups in total. The largest absolute Gasteiger partial charge is 0.486 e. The van der Waals surface area contributed by atoms with Crippen molar-refractivity contribution in [1.82, 2.24) is 5.32 Å². The third kappa shape index (κ3) is 4.95. The van der Waals surface area contributed by atoms with Gasteiger partial charge in [-0.2, -0.15) is 0 Å². The smallest absolute Gasteiger partial charge is 0.146 e.